The molecule has 0 saturated carbocycles. The molecule has 2 rings (SSSR count). The van der Waals surface area contributed by atoms with E-state index in [2.05, 4.69) is 5.32 Å². The van der Waals surface area contributed by atoms with Crippen LogP contribution < -0.4 is 10.2 Å². The summed E-state index contributed by atoms with van der Waals surface area (Å²) in [5, 5.41) is 11.9. The Labute approximate surface area is 156 Å². The van der Waals surface area contributed by atoms with Crippen LogP contribution in [-0.2, 0) is 22.6 Å². The fourth-order valence-electron chi connectivity index (χ4n) is 2.78. The molecule has 2 aromatic rings. The number of rotatable bonds is 9. The third-order valence-electron chi connectivity index (χ3n) is 4.33. The van der Waals surface area contributed by atoms with Gasteiger partial charge in [0.2, 0.25) is 5.91 Å². The zero-order chi connectivity index (χ0) is 19.1. The number of hydrogen-bond donors (Lipinski definition) is 2. The second-order valence-corrected chi connectivity index (χ2v) is 7.46. The van der Waals surface area contributed by atoms with Crippen LogP contribution in [0.5, 0.6) is 0 Å². The molecule has 140 valence electrons. The van der Waals surface area contributed by atoms with Crippen molar-refractivity contribution >= 4 is 23.2 Å². The van der Waals surface area contributed by atoms with Gasteiger partial charge in [-0.05, 0) is 32.3 Å². The van der Waals surface area contributed by atoms with Crippen LogP contribution in [0.1, 0.15) is 35.4 Å². The zero-order valence-electron chi connectivity index (χ0n) is 15.0. The van der Waals surface area contributed by atoms with Gasteiger partial charge in [-0.3, -0.25) is 14.4 Å². The molecule has 1 atom stereocenters. The summed E-state index contributed by atoms with van der Waals surface area (Å²) in [5.74, 6) is -1.06. The molecule has 2 N–H and O–H groups in total. The van der Waals surface area contributed by atoms with Crippen LogP contribution in [0, 0.1) is 13.8 Å². The van der Waals surface area contributed by atoms with E-state index in [0.29, 0.717) is 19.4 Å². The average Bonchev–Trinajstić information content (AvgIpc) is 2.84. The van der Waals surface area contributed by atoms with Crippen molar-refractivity contribution in [1.29, 1.82) is 0 Å². The van der Waals surface area contributed by atoms with Gasteiger partial charge >= 0.3 is 10.8 Å². The fourth-order valence-corrected chi connectivity index (χ4v) is 3.64. The number of aryl methyl sites for hydroxylation is 1. The number of thiazole rings is 1. The summed E-state index contributed by atoms with van der Waals surface area (Å²) < 4.78 is 1.61. The second-order valence-electron chi connectivity index (χ2n) is 6.30. The Balaban J connectivity index is 1.96. The molecule has 0 aliphatic carbocycles. The summed E-state index contributed by atoms with van der Waals surface area (Å²) in [7, 11) is 0. The van der Waals surface area contributed by atoms with Gasteiger partial charge in [0.05, 0.1) is 0 Å². The number of aromatic nitrogens is 1. The summed E-state index contributed by atoms with van der Waals surface area (Å²) in [6.07, 6.45) is 1.14. The van der Waals surface area contributed by atoms with Crippen LogP contribution in [0.4, 0.5) is 0 Å². The van der Waals surface area contributed by atoms with E-state index in [1.54, 1.807) is 4.57 Å². The number of amides is 1. The molecule has 26 heavy (non-hydrogen) atoms. The van der Waals surface area contributed by atoms with Crippen molar-refractivity contribution in [2.75, 3.05) is 0 Å². The van der Waals surface area contributed by atoms with Crippen LogP contribution >= 0.6 is 11.3 Å². The quantitative estimate of drug-likeness (QED) is 0.704. The predicted octanol–water partition coefficient (Wildman–Crippen LogP) is 2.51. The van der Waals surface area contributed by atoms with Gasteiger partial charge in [-0.15, -0.1) is 0 Å². The summed E-state index contributed by atoms with van der Waals surface area (Å²) in [6, 6.07) is 9.41. The molecular formula is C19H24N2O4S. The van der Waals surface area contributed by atoms with Gasteiger partial charge in [0.25, 0.3) is 0 Å². The molecule has 1 unspecified atom stereocenters. The first kappa shape index (κ1) is 19.9. The van der Waals surface area contributed by atoms with Crippen LogP contribution in [0.15, 0.2) is 35.1 Å². The Morgan fingerprint density at radius 1 is 1.19 bits per heavy atom. The maximum atomic E-state index is 12.3. The Morgan fingerprint density at radius 2 is 1.88 bits per heavy atom. The highest BCUT2D eigenvalue weighted by Gasteiger charge is 2.16. The molecule has 0 aliphatic heterocycles. The molecule has 1 amide bonds. The number of nitrogens with one attached hydrogen (secondary N) is 1. The van der Waals surface area contributed by atoms with Gasteiger partial charge in [0.1, 0.15) is 0 Å². The predicted molar refractivity (Wildman–Crippen MR) is 102 cm³/mol. The van der Waals surface area contributed by atoms with E-state index >= 15 is 0 Å². The highest BCUT2D eigenvalue weighted by atomic mass is 32.1. The Hall–Kier alpha value is -2.41. The molecule has 7 heteroatoms. The zero-order valence-corrected chi connectivity index (χ0v) is 15.8. The average molecular weight is 376 g/mol. The molecule has 1 aromatic heterocycles. The summed E-state index contributed by atoms with van der Waals surface area (Å²) in [5.41, 5.74) is 1.93. The molecule has 6 nitrogen and oxygen atoms in total. The normalized spacial score (nSPS) is 11.9. The maximum absolute atomic E-state index is 12.3. The fraction of sp³-hybridized carbons (Fsp3) is 0.421. The monoisotopic (exact) mass is 376 g/mol. The SMILES string of the molecule is Cc1sc(=O)n(CCC(=O)NC(CCC(=O)O)Cc2ccccc2)c1C. The highest BCUT2D eigenvalue weighted by Crippen LogP contribution is 2.11. The lowest BCUT2D eigenvalue weighted by Crippen LogP contribution is -2.37. The van der Waals surface area contributed by atoms with Gasteiger partial charge in [-0.1, -0.05) is 41.7 Å². The molecule has 0 fully saturated rings. The molecule has 0 bridgehead atoms. The van der Waals surface area contributed by atoms with Crippen molar-refractivity contribution in [2.24, 2.45) is 0 Å². The number of aliphatic carboxylic acids is 1. The van der Waals surface area contributed by atoms with E-state index in [-0.39, 0.29) is 29.7 Å². The third-order valence-corrected chi connectivity index (χ3v) is 5.33. The lowest BCUT2D eigenvalue weighted by atomic mass is 10.0. The molecule has 1 aromatic carbocycles. The Kier molecular flexibility index (Phi) is 7.15. The van der Waals surface area contributed by atoms with Gasteiger partial charge in [0.15, 0.2) is 0 Å². The lowest BCUT2D eigenvalue weighted by molar-refractivity contribution is -0.137. The standard InChI is InChI=1S/C19H24N2O4S/c1-13-14(2)26-19(25)21(13)11-10-17(22)20-16(8-9-18(23)24)12-15-6-4-3-5-7-15/h3-7,16H,8-12H2,1-2H3,(H,20,22)(H,23,24). The molecule has 0 aliphatic rings. The van der Waals surface area contributed by atoms with Crippen molar-refractivity contribution in [3.05, 3.63) is 56.1 Å². The minimum absolute atomic E-state index is 0.0000712. The van der Waals surface area contributed by atoms with Crippen molar-refractivity contribution in [3.8, 4) is 0 Å². The highest BCUT2D eigenvalue weighted by molar-refractivity contribution is 7.09. The molecule has 0 radical (unpaired) electrons. The van der Waals surface area contributed by atoms with Crippen molar-refractivity contribution in [3.63, 3.8) is 0 Å². The summed E-state index contributed by atoms with van der Waals surface area (Å²) in [4.78, 5) is 36.0. The number of carboxylic acids is 1. The van der Waals surface area contributed by atoms with Crippen molar-refractivity contribution in [2.45, 2.75) is 52.1 Å². The largest absolute Gasteiger partial charge is 0.481 e. The first-order valence-electron chi connectivity index (χ1n) is 8.58. The Bertz CT molecular complexity index is 811. The lowest BCUT2D eigenvalue weighted by Gasteiger charge is -2.18. The summed E-state index contributed by atoms with van der Waals surface area (Å²) >= 11 is 1.18. The summed E-state index contributed by atoms with van der Waals surface area (Å²) in [6.45, 7) is 4.09. The first-order chi connectivity index (χ1) is 12.4. The van der Waals surface area contributed by atoms with Gasteiger partial charge in [-0.25, -0.2) is 0 Å². The van der Waals surface area contributed by atoms with E-state index in [4.69, 9.17) is 5.11 Å². The number of nitrogens with zero attached hydrogens (tertiary/aromatic N) is 1. The molecule has 0 saturated heterocycles. The van der Waals surface area contributed by atoms with E-state index in [1.165, 1.54) is 11.3 Å². The van der Waals surface area contributed by atoms with Gasteiger partial charge in [0, 0.05) is 36.0 Å². The number of hydrogen-bond acceptors (Lipinski definition) is 4. The van der Waals surface area contributed by atoms with Crippen LogP contribution in [0.25, 0.3) is 0 Å². The van der Waals surface area contributed by atoms with Crippen molar-refractivity contribution in [1.82, 2.24) is 9.88 Å². The van der Waals surface area contributed by atoms with E-state index < -0.39 is 5.97 Å². The molecular weight excluding hydrogens is 352 g/mol. The van der Waals surface area contributed by atoms with Gasteiger partial charge in [-0.2, -0.15) is 0 Å². The minimum atomic E-state index is -0.881. The third kappa shape index (κ3) is 5.84. The van der Waals surface area contributed by atoms with E-state index in [1.807, 2.05) is 44.2 Å². The Morgan fingerprint density at radius 3 is 2.46 bits per heavy atom. The maximum Gasteiger partial charge on any atom is 0.307 e. The molecule has 0 spiro atoms. The minimum Gasteiger partial charge on any atom is -0.481 e. The smallest absolute Gasteiger partial charge is 0.307 e. The van der Waals surface area contributed by atoms with Gasteiger partial charge < -0.3 is 15.0 Å². The van der Waals surface area contributed by atoms with Crippen LogP contribution in [-0.4, -0.2) is 27.6 Å². The number of benzene rings is 1. The van der Waals surface area contributed by atoms with Crippen LogP contribution in [0.2, 0.25) is 0 Å². The number of carbonyl (C=O) groups is 2. The van der Waals surface area contributed by atoms with Crippen LogP contribution in [0.3, 0.4) is 0 Å². The number of carboxylic acid groups (broad SMARTS) is 1. The second kappa shape index (κ2) is 9.33. The topological polar surface area (TPSA) is 88.4 Å². The number of carbonyl (C=O) groups excluding carboxylic acids is 1. The first-order valence-corrected chi connectivity index (χ1v) is 9.40. The van der Waals surface area contributed by atoms with E-state index in [0.717, 1.165) is 16.1 Å². The molecule has 1 heterocycles. The van der Waals surface area contributed by atoms with Crippen molar-refractivity contribution < 1.29 is 14.7 Å². The van der Waals surface area contributed by atoms with E-state index in [9.17, 15) is 14.4 Å².